The van der Waals surface area contributed by atoms with Crippen LogP contribution in [0.4, 0.5) is 19.1 Å². The highest BCUT2D eigenvalue weighted by molar-refractivity contribution is 6.01. The summed E-state index contributed by atoms with van der Waals surface area (Å²) in [5.74, 6) is -2.29. The number of H-pyrrole nitrogens is 1. The molecule has 2 aliphatic rings. The van der Waals surface area contributed by atoms with Crippen molar-refractivity contribution in [2.24, 2.45) is 12.8 Å². The standard InChI is InChI=1S/C22H26N6O2.C2HF3O2/c1-11-18-16(20(29)24-11)10-17(26-18)14-7-4-8-15-19(14)27-22(28(2)21(15)30)25-13-6-3-5-12(23)9-13;3-2(4,5)1(6)7/h4,7-8,10-13,26H,3,5-6,9,23H2,1-2H3,(H,24,29)(H,25,27);(H,6,7)/t11-,12-,13+;/m1./s1. The van der Waals surface area contributed by atoms with Crippen molar-refractivity contribution in [1.29, 1.82) is 0 Å². The molecule has 0 saturated heterocycles. The van der Waals surface area contributed by atoms with Crippen LogP contribution in [0.15, 0.2) is 29.1 Å². The molecule has 1 aliphatic carbocycles. The first kappa shape index (κ1) is 26.2. The van der Waals surface area contributed by atoms with Gasteiger partial charge in [0.15, 0.2) is 0 Å². The molecule has 0 radical (unpaired) electrons. The number of benzene rings is 1. The van der Waals surface area contributed by atoms with Crippen molar-refractivity contribution in [3.05, 3.63) is 45.9 Å². The SMILES string of the molecule is C[C@H]1NC(=O)c2cc(-c3cccc4c(=O)n(C)c(N[C@H]5CCC[C@@H](N)C5)nc34)[nH]c21.O=C(O)C(F)(F)F. The number of halogens is 3. The van der Waals surface area contributed by atoms with E-state index >= 15 is 0 Å². The number of amides is 1. The normalized spacial score (nSPS) is 21.1. The minimum absolute atomic E-state index is 0.0650. The highest BCUT2D eigenvalue weighted by Crippen LogP contribution is 2.33. The highest BCUT2D eigenvalue weighted by Gasteiger charge is 2.38. The van der Waals surface area contributed by atoms with E-state index in [1.54, 1.807) is 17.7 Å². The third kappa shape index (κ3) is 5.31. The molecule has 1 fully saturated rings. The smallest absolute Gasteiger partial charge is 0.475 e. The van der Waals surface area contributed by atoms with Crippen molar-refractivity contribution in [1.82, 2.24) is 19.9 Å². The van der Waals surface area contributed by atoms with Gasteiger partial charge >= 0.3 is 12.1 Å². The first-order valence-corrected chi connectivity index (χ1v) is 11.7. The van der Waals surface area contributed by atoms with Crippen molar-refractivity contribution in [3.63, 3.8) is 0 Å². The maximum atomic E-state index is 13.1. The number of para-hydroxylation sites is 1. The number of aromatic nitrogens is 3. The number of carbonyl (C=O) groups is 2. The number of hydrogen-bond donors (Lipinski definition) is 5. The fraction of sp³-hybridized carbons (Fsp3) is 0.417. The Balaban J connectivity index is 0.000000405. The van der Waals surface area contributed by atoms with Gasteiger partial charge in [-0.15, -0.1) is 0 Å². The number of anilines is 1. The van der Waals surface area contributed by atoms with Gasteiger partial charge < -0.3 is 26.5 Å². The summed E-state index contributed by atoms with van der Waals surface area (Å²) in [7, 11) is 1.74. The lowest BCUT2D eigenvalue weighted by atomic mass is 9.92. The van der Waals surface area contributed by atoms with Gasteiger partial charge in [-0.25, -0.2) is 9.78 Å². The van der Waals surface area contributed by atoms with Gasteiger partial charge in [0.1, 0.15) is 0 Å². The molecule has 1 aromatic carbocycles. The van der Waals surface area contributed by atoms with Gasteiger partial charge in [0, 0.05) is 30.4 Å². The number of carboxylic acids is 1. The van der Waals surface area contributed by atoms with Crippen LogP contribution in [-0.2, 0) is 11.8 Å². The van der Waals surface area contributed by atoms with E-state index in [9.17, 15) is 22.8 Å². The zero-order valence-corrected chi connectivity index (χ0v) is 20.1. The van der Waals surface area contributed by atoms with E-state index in [4.69, 9.17) is 20.6 Å². The highest BCUT2D eigenvalue weighted by atomic mass is 19.4. The first-order chi connectivity index (χ1) is 17.4. The van der Waals surface area contributed by atoms with Crippen LogP contribution in [0.5, 0.6) is 0 Å². The van der Waals surface area contributed by atoms with Crippen LogP contribution in [-0.4, -0.2) is 49.8 Å². The molecule has 3 atom stereocenters. The van der Waals surface area contributed by atoms with Crippen molar-refractivity contribution >= 4 is 28.7 Å². The van der Waals surface area contributed by atoms with Crippen molar-refractivity contribution < 1.29 is 27.9 Å². The minimum atomic E-state index is -5.08. The molecule has 37 heavy (non-hydrogen) atoms. The van der Waals surface area contributed by atoms with Gasteiger partial charge in [0.2, 0.25) is 5.95 Å². The number of alkyl halides is 3. The van der Waals surface area contributed by atoms with Gasteiger partial charge in [0.25, 0.3) is 11.5 Å². The molecule has 1 aliphatic heterocycles. The predicted molar refractivity (Wildman–Crippen MR) is 130 cm³/mol. The lowest BCUT2D eigenvalue weighted by Crippen LogP contribution is -2.36. The molecular formula is C24H27F3N6O4. The van der Waals surface area contributed by atoms with Crippen molar-refractivity contribution in [2.75, 3.05) is 5.32 Å². The molecule has 3 heterocycles. The number of nitrogens with one attached hydrogen (secondary N) is 3. The molecular weight excluding hydrogens is 493 g/mol. The molecule has 2 aromatic heterocycles. The number of nitrogens with two attached hydrogens (primary N) is 1. The van der Waals surface area contributed by atoms with Gasteiger partial charge in [0.05, 0.1) is 28.2 Å². The Morgan fingerprint density at radius 3 is 2.57 bits per heavy atom. The topological polar surface area (TPSA) is 155 Å². The molecule has 0 spiro atoms. The van der Waals surface area contributed by atoms with Crippen molar-refractivity contribution in [3.8, 4) is 11.3 Å². The second-order valence-corrected chi connectivity index (χ2v) is 9.28. The van der Waals surface area contributed by atoms with Crippen LogP contribution in [0.25, 0.3) is 22.2 Å². The summed E-state index contributed by atoms with van der Waals surface area (Å²) in [6.45, 7) is 1.94. The fourth-order valence-corrected chi connectivity index (χ4v) is 4.67. The molecule has 6 N–H and O–H groups in total. The van der Waals surface area contributed by atoms with E-state index in [0.717, 1.165) is 42.6 Å². The Hall–Kier alpha value is -3.87. The number of aliphatic carboxylic acids is 1. The Labute approximate surface area is 209 Å². The average Bonchev–Trinajstić information content (AvgIpc) is 3.38. The summed E-state index contributed by atoms with van der Waals surface area (Å²) >= 11 is 0. The Morgan fingerprint density at radius 1 is 1.24 bits per heavy atom. The summed E-state index contributed by atoms with van der Waals surface area (Å²) in [6, 6.07) is 7.73. The Bertz CT molecular complexity index is 1410. The number of nitrogens with zero attached hydrogens (tertiary/aromatic N) is 2. The van der Waals surface area contributed by atoms with Crippen LogP contribution in [0, 0.1) is 0 Å². The summed E-state index contributed by atoms with van der Waals surface area (Å²) in [5.41, 5.74) is 9.76. The maximum absolute atomic E-state index is 13.1. The second kappa shape index (κ2) is 9.88. The zero-order chi connectivity index (χ0) is 27.1. The van der Waals surface area contributed by atoms with Crippen LogP contribution >= 0.6 is 0 Å². The number of carboxylic acid groups (broad SMARTS) is 1. The van der Waals surface area contributed by atoms with Gasteiger partial charge in [-0.2, -0.15) is 13.2 Å². The summed E-state index contributed by atoms with van der Waals surface area (Å²) in [6.07, 6.45) is -1.10. The third-order valence-electron chi connectivity index (χ3n) is 6.56. The fourth-order valence-electron chi connectivity index (χ4n) is 4.67. The van der Waals surface area contributed by atoms with Gasteiger partial charge in [-0.3, -0.25) is 14.2 Å². The molecule has 198 valence electrons. The molecule has 3 aromatic rings. The largest absolute Gasteiger partial charge is 0.490 e. The van der Waals surface area contributed by atoms with E-state index in [2.05, 4.69) is 15.6 Å². The number of carbonyl (C=O) groups excluding carboxylic acids is 1. The lowest BCUT2D eigenvalue weighted by Gasteiger charge is -2.28. The van der Waals surface area contributed by atoms with Crippen LogP contribution in [0.2, 0.25) is 0 Å². The summed E-state index contributed by atoms with van der Waals surface area (Å²) < 4.78 is 33.3. The van der Waals surface area contributed by atoms with E-state index in [1.807, 2.05) is 25.1 Å². The molecule has 10 nitrogen and oxygen atoms in total. The van der Waals surface area contributed by atoms with E-state index < -0.39 is 12.1 Å². The van der Waals surface area contributed by atoms with E-state index in [0.29, 0.717) is 22.4 Å². The molecule has 0 bridgehead atoms. The van der Waals surface area contributed by atoms with E-state index in [1.165, 1.54) is 0 Å². The predicted octanol–water partition coefficient (Wildman–Crippen LogP) is 3.05. The Morgan fingerprint density at radius 2 is 1.95 bits per heavy atom. The number of hydrogen-bond acceptors (Lipinski definition) is 6. The second-order valence-electron chi connectivity index (χ2n) is 9.28. The minimum Gasteiger partial charge on any atom is -0.475 e. The number of fused-ring (bicyclic) bond motifs is 2. The average molecular weight is 521 g/mol. The number of aromatic amines is 1. The summed E-state index contributed by atoms with van der Waals surface area (Å²) in [5, 5.41) is 14.0. The van der Waals surface area contributed by atoms with Gasteiger partial charge in [-0.05, 0) is 44.7 Å². The Kier molecular flexibility index (Phi) is 7.00. The molecule has 13 heteroatoms. The maximum Gasteiger partial charge on any atom is 0.490 e. The molecule has 0 unspecified atom stereocenters. The van der Waals surface area contributed by atoms with E-state index in [-0.39, 0.29) is 29.6 Å². The zero-order valence-electron chi connectivity index (χ0n) is 20.1. The molecule has 5 rings (SSSR count). The van der Waals surface area contributed by atoms with Crippen LogP contribution in [0.1, 0.15) is 54.7 Å². The quantitative estimate of drug-likeness (QED) is 0.355. The molecule has 1 saturated carbocycles. The van der Waals surface area contributed by atoms with Gasteiger partial charge in [-0.1, -0.05) is 12.1 Å². The third-order valence-corrected chi connectivity index (χ3v) is 6.56. The summed E-state index contributed by atoms with van der Waals surface area (Å²) in [4.78, 5) is 42.3. The monoisotopic (exact) mass is 520 g/mol. The van der Waals surface area contributed by atoms with Crippen molar-refractivity contribution in [2.45, 2.75) is 56.9 Å². The molecule has 1 amide bonds. The number of rotatable bonds is 3. The first-order valence-electron chi connectivity index (χ1n) is 11.7. The van der Waals surface area contributed by atoms with Crippen LogP contribution in [0.3, 0.4) is 0 Å². The lowest BCUT2D eigenvalue weighted by molar-refractivity contribution is -0.192. The van der Waals surface area contributed by atoms with Crippen LogP contribution < -0.4 is 21.9 Å².